The molecule has 51 heavy (non-hydrogen) atoms. The topological polar surface area (TPSA) is 75.4 Å². The first-order chi connectivity index (χ1) is 24.7. The molecular weight excluding hydrogens is 718 g/mol. The summed E-state index contributed by atoms with van der Waals surface area (Å²) in [7, 11) is 4.13. The second-order valence-electron chi connectivity index (χ2n) is 11.8. The van der Waals surface area contributed by atoms with E-state index in [1.165, 1.54) is 21.9 Å². The molecule has 253 valence electrons. The Morgan fingerprint density at radius 2 is 0.686 bits per heavy atom. The van der Waals surface area contributed by atoms with Crippen molar-refractivity contribution in [2.24, 2.45) is 14.1 Å². The molecule has 0 amide bonds. The third kappa shape index (κ3) is 7.93. The van der Waals surface area contributed by atoms with Gasteiger partial charge in [-0.1, -0.05) is 146 Å². The standard InChI is InChI=1S/C24H20B.C17H16N4.2CO.Rh/c1-5-13-21(14-6-1)25(22-15-7-2-8-16-22,23-17-9-3-10-18-23)24-19-11-4-12-20-24;1-20-14-9-5-3-7-12(14)18-16(20)11-17-19-13-8-4-6-10-15(13)21(17)2;2*1-2;/h1-20H;3-10H,11H2,1-2H3;;;/q-1;;;;. The maximum absolute atomic E-state index is 7.50. The van der Waals surface area contributed by atoms with Gasteiger partial charge in [0, 0.05) is 33.6 Å². The van der Waals surface area contributed by atoms with E-state index < -0.39 is 6.15 Å². The van der Waals surface area contributed by atoms with Crippen molar-refractivity contribution >= 4 is 50.1 Å². The Kier molecular flexibility index (Phi) is 13.8. The summed E-state index contributed by atoms with van der Waals surface area (Å²) in [4.78, 5) is 9.46. The molecule has 0 aliphatic carbocycles. The molecule has 0 N–H and O–H groups in total. The number of hydrogen-bond acceptors (Lipinski definition) is 2. The second-order valence-corrected chi connectivity index (χ2v) is 11.8. The first-order valence-electron chi connectivity index (χ1n) is 16.3. The van der Waals surface area contributed by atoms with Crippen LogP contribution in [0, 0.1) is 13.3 Å². The third-order valence-corrected chi connectivity index (χ3v) is 9.27. The van der Waals surface area contributed by atoms with E-state index in [-0.39, 0.29) is 19.5 Å². The van der Waals surface area contributed by atoms with Crippen LogP contribution >= 0.6 is 0 Å². The van der Waals surface area contributed by atoms with Crippen LogP contribution in [0.2, 0.25) is 0 Å². The van der Waals surface area contributed by atoms with E-state index in [0.717, 1.165) is 40.1 Å². The predicted octanol–water partition coefficient (Wildman–Crippen LogP) is 6.04. The largest absolute Gasteiger partial charge is 0.195 e. The van der Waals surface area contributed by atoms with Crippen LogP contribution < -0.4 is 21.9 Å². The van der Waals surface area contributed by atoms with Crippen LogP contribution in [0.1, 0.15) is 11.6 Å². The summed E-state index contributed by atoms with van der Waals surface area (Å²) >= 11 is 0. The number of nitrogens with zero attached hydrogens (tertiary/aromatic N) is 4. The SMILES string of the molecule is Cn1c(Cc2nc3ccccc3n2C)nc2ccccc21.[C-]#[O+].[C-]#[O+].[Rh].c1ccc([B-](c2ccccc2)(c2ccccc2)c2ccccc2)cc1. The summed E-state index contributed by atoms with van der Waals surface area (Å²) < 4.78 is 19.3. The molecule has 8 heteroatoms. The van der Waals surface area contributed by atoms with Gasteiger partial charge in [0.25, 0.3) is 0 Å². The van der Waals surface area contributed by atoms with Gasteiger partial charge in [-0.05, 0) is 24.3 Å². The summed E-state index contributed by atoms with van der Waals surface area (Å²) in [5, 5.41) is 0. The molecule has 0 saturated heterocycles. The van der Waals surface area contributed by atoms with E-state index in [0.29, 0.717) is 0 Å². The van der Waals surface area contributed by atoms with Gasteiger partial charge in [-0.25, -0.2) is 9.97 Å². The van der Waals surface area contributed by atoms with E-state index in [1.54, 1.807) is 0 Å². The Labute approximate surface area is 312 Å². The molecule has 0 aliphatic rings. The monoisotopic (exact) mass is 754 g/mol. The summed E-state index contributed by atoms with van der Waals surface area (Å²) in [6.45, 7) is 9.00. The van der Waals surface area contributed by atoms with Gasteiger partial charge >= 0.3 is 22.6 Å². The van der Waals surface area contributed by atoms with Crippen molar-refractivity contribution in [2.75, 3.05) is 0 Å². The smallest absolute Gasteiger partial charge is 0.108 e. The molecule has 1 radical (unpaired) electrons. The van der Waals surface area contributed by atoms with E-state index in [4.69, 9.17) is 19.3 Å². The fourth-order valence-electron chi connectivity index (χ4n) is 6.97. The molecule has 6 aromatic carbocycles. The molecular formula is C43H36BN4O2Rh-. The molecule has 0 spiro atoms. The van der Waals surface area contributed by atoms with Crippen LogP contribution in [0.4, 0.5) is 0 Å². The van der Waals surface area contributed by atoms with Gasteiger partial charge in [0.15, 0.2) is 0 Å². The summed E-state index contributed by atoms with van der Waals surface area (Å²) in [6, 6.07) is 60.0. The Morgan fingerprint density at radius 1 is 0.431 bits per heavy atom. The summed E-state index contributed by atoms with van der Waals surface area (Å²) in [5.74, 6) is 2.07. The first kappa shape index (κ1) is 38.2. The van der Waals surface area contributed by atoms with Crippen LogP contribution in [-0.2, 0) is 49.3 Å². The van der Waals surface area contributed by atoms with Gasteiger partial charge in [0.2, 0.25) is 0 Å². The number of rotatable bonds is 6. The number of hydrogen-bond donors (Lipinski definition) is 0. The van der Waals surface area contributed by atoms with Crippen molar-refractivity contribution in [3.8, 4) is 0 Å². The van der Waals surface area contributed by atoms with Crippen molar-refractivity contribution in [1.82, 2.24) is 19.1 Å². The van der Waals surface area contributed by atoms with E-state index >= 15 is 0 Å². The quantitative estimate of drug-likeness (QED) is 0.118. The maximum atomic E-state index is 7.50. The Balaban J connectivity index is 0.000000207. The van der Waals surface area contributed by atoms with Gasteiger partial charge in [0.05, 0.1) is 28.5 Å². The fraction of sp³-hybridized carbons (Fsp3) is 0.0698. The normalized spacial score (nSPS) is 10.3. The Bertz CT molecular complexity index is 2060. The molecule has 0 atom stereocenters. The molecule has 2 heterocycles. The molecule has 0 bridgehead atoms. The van der Waals surface area contributed by atoms with Crippen LogP contribution in [0.25, 0.3) is 22.1 Å². The average molecular weight is 755 g/mol. The first-order valence-corrected chi connectivity index (χ1v) is 16.3. The molecule has 0 fully saturated rings. The van der Waals surface area contributed by atoms with E-state index in [2.05, 4.69) is 170 Å². The Hall–Kier alpha value is -5.57. The van der Waals surface area contributed by atoms with E-state index in [9.17, 15) is 0 Å². The van der Waals surface area contributed by atoms with Crippen LogP contribution in [0.3, 0.4) is 0 Å². The fourth-order valence-corrected chi connectivity index (χ4v) is 6.97. The zero-order valence-electron chi connectivity index (χ0n) is 28.4. The predicted molar refractivity (Wildman–Crippen MR) is 202 cm³/mol. The number of fused-ring (bicyclic) bond motifs is 2. The van der Waals surface area contributed by atoms with Crippen molar-refractivity contribution in [3.05, 3.63) is 195 Å². The second kappa shape index (κ2) is 18.4. The van der Waals surface area contributed by atoms with Gasteiger partial charge in [0.1, 0.15) is 17.8 Å². The molecule has 8 rings (SSSR count). The van der Waals surface area contributed by atoms with Gasteiger partial charge in [-0.2, -0.15) is 21.9 Å². The molecule has 0 aliphatic heterocycles. The third-order valence-electron chi connectivity index (χ3n) is 9.27. The number of imidazole rings is 2. The van der Waals surface area contributed by atoms with Crippen LogP contribution in [0.15, 0.2) is 170 Å². The van der Waals surface area contributed by atoms with Crippen molar-refractivity contribution in [2.45, 2.75) is 6.42 Å². The molecule has 0 unspecified atom stereocenters. The Morgan fingerprint density at radius 3 is 0.961 bits per heavy atom. The number of aromatic nitrogens is 4. The summed E-state index contributed by atoms with van der Waals surface area (Å²) in [6.07, 6.45) is -0.483. The van der Waals surface area contributed by atoms with Crippen molar-refractivity contribution < 1.29 is 28.8 Å². The van der Waals surface area contributed by atoms with Gasteiger partial charge < -0.3 is 9.13 Å². The number of benzene rings is 6. The van der Waals surface area contributed by atoms with E-state index in [1.807, 2.05) is 36.4 Å². The minimum Gasteiger partial charge on any atom is -0.195 e. The van der Waals surface area contributed by atoms with Crippen molar-refractivity contribution in [1.29, 1.82) is 0 Å². The van der Waals surface area contributed by atoms with Crippen LogP contribution in [0.5, 0.6) is 0 Å². The van der Waals surface area contributed by atoms with Crippen molar-refractivity contribution in [3.63, 3.8) is 0 Å². The molecule has 0 saturated carbocycles. The molecule has 6 nitrogen and oxygen atoms in total. The number of aryl methyl sites for hydroxylation is 2. The molecule has 8 aromatic rings. The van der Waals surface area contributed by atoms with Crippen LogP contribution in [-0.4, -0.2) is 25.2 Å². The minimum absolute atomic E-state index is 0. The van der Waals surface area contributed by atoms with Gasteiger partial charge in [-0.3, -0.25) is 0 Å². The van der Waals surface area contributed by atoms with Gasteiger partial charge in [-0.15, -0.1) is 0 Å². The minimum atomic E-state index is -1.22. The zero-order chi connectivity index (χ0) is 35.3. The average Bonchev–Trinajstić information content (AvgIpc) is 3.70. The zero-order valence-corrected chi connectivity index (χ0v) is 30.0. The summed E-state index contributed by atoms with van der Waals surface area (Å²) in [5.41, 5.74) is 9.74. The number of para-hydroxylation sites is 4. The molecule has 2 aromatic heterocycles. The maximum Gasteiger partial charge on any atom is 0.108 e.